The van der Waals surface area contributed by atoms with E-state index in [0.29, 0.717) is 13.2 Å². The third-order valence-corrected chi connectivity index (χ3v) is 1.73. The van der Waals surface area contributed by atoms with Gasteiger partial charge in [-0.1, -0.05) is 6.92 Å². The highest BCUT2D eigenvalue weighted by Crippen LogP contribution is 2.12. The van der Waals surface area contributed by atoms with Gasteiger partial charge >= 0.3 is 5.97 Å². The maximum atomic E-state index is 10.8. The van der Waals surface area contributed by atoms with Gasteiger partial charge in [-0.15, -0.1) is 5.10 Å². The van der Waals surface area contributed by atoms with E-state index in [0.717, 1.165) is 6.42 Å². The lowest BCUT2D eigenvalue weighted by Gasteiger charge is -2.06. The molecule has 1 N–H and O–H groups in total. The van der Waals surface area contributed by atoms with Crippen molar-refractivity contribution in [3.63, 3.8) is 0 Å². The molecule has 0 saturated carbocycles. The minimum absolute atomic E-state index is 0.00508. The summed E-state index contributed by atoms with van der Waals surface area (Å²) in [4.78, 5) is 10.8. The Balaban J connectivity index is 2.44. The van der Waals surface area contributed by atoms with Crippen LogP contribution in [0.3, 0.4) is 0 Å². The van der Waals surface area contributed by atoms with Crippen molar-refractivity contribution in [1.29, 1.82) is 0 Å². The molecule has 1 aromatic rings. The van der Waals surface area contributed by atoms with Crippen LogP contribution in [0.25, 0.3) is 0 Å². The maximum Gasteiger partial charge on any atom is 0.341 e. The Hall–Kier alpha value is -1.69. The topological polar surface area (TPSA) is 81.5 Å². The number of carbonyl (C=O) groups is 1. The van der Waals surface area contributed by atoms with Gasteiger partial charge in [0.05, 0.1) is 12.8 Å². The number of nitrogens with zero attached hydrogens (tertiary/aromatic N) is 2. The highest BCUT2D eigenvalue weighted by molar-refractivity contribution is 5.89. The Bertz CT molecular complexity index is 343. The first-order chi connectivity index (χ1) is 7.75. The van der Waals surface area contributed by atoms with Gasteiger partial charge in [0.2, 0.25) is 5.88 Å². The number of aromatic nitrogens is 2. The molecule has 6 heteroatoms. The average Bonchev–Trinajstić information content (AvgIpc) is 2.29. The van der Waals surface area contributed by atoms with Crippen LogP contribution in [0.2, 0.25) is 0 Å². The van der Waals surface area contributed by atoms with E-state index in [9.17, 15) is 4.79 Å². The number of ether oxygens (including phenoxy) is 2. The second kappa shape index (κ2) is 6.73. The molecule has 0 radical (unpaired) electrons. The SMILES string of the molecule is CCCOCCOc1nnccc1C(=O)O. The molecule has 0 aliphatic rings. The lowest BCUT2D eigenvalue weighted by Crippen LogP contribution is -2.11. The fourth-order valence-corrected chi connectivity index (χ4v) is 1.03. The van der Waals surface area contributed by atoms with Gasteiger partial charge in [0.15, 0.2) is 0 Å². The molecular formula is C10H14N2O4. The molecule has 0 saturated heterocycles. The molecule has 1 heterocycles. The van der Waals surface area contributed by atoms with Crippen LogP contribution in [0.1, 0.15) is 23.7 Å². The van der Waals surface area contributed by atoms with Gasteiger partial charge in [-0.05, 0) is 12.5 Å². The summed E-state index contributed by atoms with van der Waals surface area (Å²) in [6.07, 6.45) is 2.25. The molecular weight excluding hydrogens is 212 g/mol. The van der Waals surface area contributed by atoms with Gasteiger partial charge in [0.25, 0.3) is 0 Å². The van der Waals surface area contributed by atoms with E-state index in [1.54, 1.807) is 0 Å². The van der Waals surface area contributed by atoms with Crippen LogP contribution >= 0.6 is 0 Å². The van der Waals surface area contributed by atoms with Gasteiger partial charge in [-0.2, -0.15) is 5.10 Å². The zero-order valence-electron chi connectivity index (χ0n) is 9.05. The fourth-order valence-electron chi connectivity index (χ4n) is 1.03. The number of aromatic carboxylic acids is 1. The van der Waals surface area contributed by atoms with E-state index in [2.05, 4.69) is 10.2 Å². The molecule has 0 aliphatic carbocycles. The molecule has 0 aliphatic heterocycles. The third kappa shape index (κ3) is 3.82. The van der Waals surface area contributed by atoms with Crippen LogP contribution in [0, 0.1) is 0 Å². The standard InChI is InChI=1S/C10H14N2O4/c1-2-5-15-6-7-16-9-8(10(13)14)3-4-11-12-9/h3-4H,2,5-7H2,1H3,(H,13,14). The average molecular weight is 226 g/mol. The van der Waals surface area contributed by atoms with Crippen LogP contribution in [0.5, 0.6) is 5.88 Å². The predicted octanol–water partition coefficient (Wildman–Crippen LogP) is 0.980. The normalized spacial score (nSPS) is 10.1. The summed E-state index contributed by atoms with van der Waals surface area (Å²) in [6, 6.07) is 1.34. The molecule has 88 valence electrons. The number of hydrogen-bond acceptors (Lipinski definition) is 5. The second-order valence-electron chi connectivity index (χ2n) is 3.02. The molecule has 0 fully saturated rings. The van der Waals surface area contributed by atoms with E-state index in [4.69, 9.17) is 14.6 Å². The lowest BCUT2D eigenvalue weighted by atomic mass is 10.3. The molecule has 0 atom stereocenters. The Kier molecular flexibility index (Phi) is 5.21. The fraction of sp³-hybridized carbons (Fsp3) is 0.500. The van der Waals surface area contributed by atoms with Gasteiger partial charge in [-0.3, -0.25) is 0 Å². The molecule has 16 heavy (non-hydrogen) atoms. The summed E-state index contributed by atoms with van der Waals surface area (Å²) in [5.74, 6) is -1.06. The van der Waals surface area contributed by atoms with Crippen molar-refractivity contribution in [2.24, 2.45) is 0 Å². The Morgan fingerprint density at radius 2 is 2.25 bits per heavy atom. The van der Waals surface area contributed by atoms with E-state index < -0.39 is 5.97 Å². The molecule has 0 unspecified atom stereocenters. The molecule has 0 amide bonds. The number of hydrogen-bond donors (Lipinski definition) is 1. The molecule has 0 spiro atoms. The number of rotatable bonds is 7. The van der Waals surface area contributed by atoms with Crippen molar-refractivity contribution < 1.29 is 19.4 Å². The Labute approximate surface area is 93.2 Å². The first-order valence-corrected chi connectivity index (χ1v) is 5.01. The van der Waals surface area contributed by atoms with E-state index in [1.807, 2.05) is 6.92 Å². The number of carboxylic acids is 1. The first-order valence-electron chi connectivity index (χ1n) is 5.01. The zero-order valence-corrected chi connectivity index (χ0v) is 9.05. The van der Waals surface area contributed by atoms with Crippen molar-refractivity contribution in [1.82, 2.24) is 10.2 Å². The summed E-state index contributed by atoms with van der Waals surface area (Å²) >= 11 is 0. The van der Waals surface area contributed by atoms with Crippen molar-refractivity contribution in [3.8, 4) is 5.88 Å². The molecule has 1 rings (SSSR count). The summed E-state index contributed by atoms with van der Waals surface area (Å²) in [6.45, 7) is 3.34. The molecule has 1 aromatic heterocycles. The summed E-state index contributed by atoms with van der Waals surface area (Å²) < 4.78 is 10.3. The molecule has 0 bridgehead atoms. The number of carboxylic acid groups (broad SMARTS) is 1. The maximum absolute atomic E-state index is 10.8. The summed E-state index contributed by atoms with van der Waals surface area (Å²) in [5, 5.41) is 16.0. The largest absolute Gasteiger partial charge is 0.477 e. The van der Waals surface area contributed by atoms with E-state index >= 15 is 0 Å². The summed E-state index contributed by atoms with van der Waals surface area (Å²) in [5.41, 5.74) is 0.00508. The van der Waals surface area contributed by atoms with Gasteiger partial charge in [0, 0.05) is 6.61 Å². The first kappa shape index (κ1) is 12.4. The van der Waals surface area contributed by atoms with Crippen LogP contribution in [0.15, 0.2) is 12.3 Å². The monoisotopic (exact) mass is 226 g/mol. The van der Waals surface area contributed by atoms with Crippen molar-refractivity contribution in [3.05, 3.63) is 17.8 Å². The quantitative estimate of drug-likeness (QED) is 0.698. The highest BCUT2D eigenvalue weighted by atomic mass is 16.5. The van der Waals surface area contributed by atoms with E-state index in [-0.39, 0.29) is 18.1 Å². The zero-order chi connectivity index (χ0) is 11.8. The Morgan fingerprint density at radius 1 is 1.44 bits per heavy atom. The molecule has 6 nitrogen and oxygen atoms in total. The van der Waals surface area contributed by atoms with Crippen molar-refractivity contribution in [2.45, 2.75) is 13.3 Å². The van der Waals surface area contributed by atoms with Crippen LogP contribution in [0.4, 0.5) is 0 Å². The van der Waals surface area contributed by atoms with Crippen molar-refractivity contribution >= 4 is 5.97 Å². The highest BCUT2D eigenvalue weighted by Gasteiger charge is 2.12. The smallest absolute Gasteiger partial charge is 0.341 e. The third-order valence-electron chi connectivity index (χ3n) is 1.73. The van der Waals surface area contributed by atoms with Gasteiger partial charge in [0.1, 0.15) is 12.2 Å². The molecule has 0 aromatic carbocycles. The van der Waals surface area contributed by atoms with Gasteiger partial charge in [-0.25, -0.2) is 4.79 Å². The van der Waals surface area contributed by atoms with Crippen LogP contribution in [-0.4, -0.2) is 41.1 Å². The van der Waals surface area contributed by atoms with Crippen LogP contribution in [-0.2, 0) is 4.74 Å². The van der Waals surface area contributed by atoms with Crippen molar-refractivity contribution in [2.75, 3.05) is 19.8 Å². The predicted molar refractivity (Wildman–Crippen MR) is 55.6 cm³/mol. The Morgan fingerprint density at radius 3 is 2.94 bits per heavy atom. The van der Waals surface area contributed by atoms with E-state index in [1.165, 1.54) is 12.3 Å². The minimum atomic E-state index is -1.08. The summed E-state index contributed by atoms with van der Waals surface area (Å²) in [7, 11) is 0. The lowest BCUT2D eigenvalue weighted by molar-refractivity contribution is 0.0682. The second-order valence-corrected chi connectivity index (χ2v) is 3.02. The minimum Gasteiger partial charge on any atom is -0.477 e. The van der Waals surface area contributed by atoms with Crippen LogP contribution < -0.4 is 4.74 Å². The van der Waals surface area contributed by atoms with Gasteiger partial charge < -0.3 is 14.6 Å².